The first kappa shape index (κ1) is 12.6. The lowest BCUT2D eigenvalue weighted by Gasteiger charge is -2.34. The Morgan fingerprint density at radius 3 is 2.76 bits per heavy atom. The van der Waals surface area contributed by atoms with E-state index in [9.17, 15) is 4.79 Å². The van der Waals surface area contributed by atoms with Gasteiger partial charge in [-0.3, -0.25) is 4.79 Å². The van der Waals surface area contributed by atoms with Crippen LogP contribution in [-0.2, 0) is 0 Å². The zero-order valence-electron chi connectivity index (χ0n) is 10.2. The third kappa shape index (κ3) is 3.09. The highest BCUT2D eigenvalue weighted by Crippen LogP contribution is 2.36. The standard InChI is InChI=1S/C12H18BrN3O/c1-12(2)5-3-8(4-6-12)16-10-9(13)11(17)15-7-14-10/h7-8H,3-6H2,1-2H3,(H2,14,15,16,17). The second kappa shape index (κ2) is 4.80. The summed E-state index contributed by atoms with van der Waals surface area (Å²) in [6, 6.07) is 0.425. The van der Waals surface area contributed by atoms with Crippen molar-refractivity contribution >= 4 is 21.7 Å². The third-order valence-electron chi connectivity index (χ3n) is 3.48. The fourth-order valence-corrected chi connectivity index (χ4v) is 2.55. The van der Waals surface area contributed by atoms with Gasteiger partial charge in [-0.15, -0.1) is 0 Å². The summed E-state index contributed by atoms with van der Waals surface area (Å²) in [6.07, 6.45) is 6.13. The summed E-state index contributed by atoms with van der Waals surface area (Å²) in [7, 11) is 0. The summed E-state index contributed by atoms with van der Waals surface area (Å²) in [5, 5.41) is 3.35. The number of nitrogens with zero attached hydrogens (tertiary/aromatic N) is 1. The molecule has 1 saturated carbocycles. The molecule has 0 aromatic carbocycles. The summed E-state index contributed by atoms with van der Waals surface area (Å²) in [5.41, 5.74) is 0.315. The van der Waals surface area contributed by atoms with Crippen LogP contribution >= 0.6 is 15.9 Å². The van der Waals surface area contributed by atoms with Gasteiger partial charge in [-0.05, 0) is 47.0 Å². The average Bonchev–Trinajstić information content (AvgIpc) is 2.27. The van der Waals surface area contributed by atoms with E-state index in [4.69, 9.17) is 0 Å². The van der Waals surface area contributed by atoms with Crippen molar-refractivity contribution < 1.29 is 0 Å². The van der Waals surface area contributed by atoms with E-state index >= 15 is 0 Å². The lowest BCUT2D eigenvalue weighted by Crippen LogP contribution is -2.30. The maximum atomic E-state index is 11.4. The number of hydrogen-bond acceptors (Lipinski definition) is 3. The van der Waals surface area contributed by atoms with Gasteiger partial charge in [-0.1, -0.05) is 13.8 Å². The number of anilines is 1. The van der Waals surface area contributed by atoms with Gasteiger partial charge in [0.25, 0.3) is 5.56 Å². The van der Waals surface area contributed by atoms with Gasteiger partial charge >= 0.3 is 0 Å². The van der Waals surface area contributed by atoms with Crippen molar-refractivity contribution in [2.75, 3.05) is 5.32 Å². The van der Waals surface area contributed by atoms with Crippen molar-refractivity contribution in [1.82, 2.24) is 9.97 Å². The van der Waals surface area contributed by atoms with Crippen molar-refractivity contribution in [1.29, 1.82) is 0 Å². The zero-order valence-corrected chi connectivity index (χ0v) is 11.8. The highest BCUT2D eigenvalue weighted by Gasteiger charge is 2.27. The first-order valence-corrected chi connectivity index (χ1v) is 6.77. The van der Waals surface area contributed by atoms with Crippen LogP contribution in [0.2, 0.25) is 0 Å². The van der Waals surface area contributed by atoms with E-state index in [1.807, 2.05) is 0 Å². The first-order chi connectivity index (χ1) is 7.98. The van der Waals surface area contributed by atoms with E-state index in [1.165, 1.54) is 19.2 Å². The Labute approximate surface area is 109 Å². The number of halogens is 1. The molecule has 94 valence electrons. The van der Waals surface area contributed by atoms with Gasteiger partial charge in [0.1, 0.15) is 10.3 Å². The number of aromatic amines is 1. The van der Waals surface area contributed by atoms with E-state index in [0.29, 0.717) is 21.7 Å². The molecule has 2 N–H and O–H groups in total. The van der Waals surface area contributed by atoms with E-state index in [-0.39, 0.29) is 5.56 Å². The molecule has 0 atom stereocenters. The molecule has 17 heavy (non-hydrogen) atoms. The van der Waals surface area contributed by atoms with Crippen LogP contribution in [0.15, 0.2) is 15.6 Å². The molecule has 1 aromatic rings. The fraction of sp³-hybridized carbons (Fsp3) is 0.667. The van der Waals surface area contributed by atoms with Gasteiger partial charge in [0.15, 0.2) is 0 Å². The number of hydrogen-bond donors (Lipinski definition) is 2. The lowest BCUT2D eigenvalue weighted by molar-refractivity contribution is 0.232. The summed E-state index contributed by atoms with van der Waals surface area (Å²) < 4.78 is 0.491. The number of nitrogens with one attached hydrogen (secondary N) is 2. The molecule has 1 aliphatic rings. The molecule has 1 heterocycles. The minimum atomic E-state index is -0.140. The molecule has 1 aliphatic carbocycles. The second-order valence-corrected chi connectivity index (χ2v) is 6.27. The molecule has 0 radical (unpaired) electrons. The minimum absolute atomic E-state index is 0.140. The summed E-state index contributed by atoms with van der Waals surface area (Å²) in [4.78, 5) is 18.1. The molecule has 0 unspecified atom stereocenters. The van der Waals surface area contributed by atoms with Gasteiger partial charge in [0.2, 0.25) is 0 Å². The monoisotopic (exact) mass is 299 g/mol. The predicted molar refractivity (Wildman–Crippen MR) is 72.2 cm³/mol. The molecule has 1 aromatic heterocycles. The van der Waals surface area contributed by atoms with Gasteiger partial charge in [-0.25, -0.2) is 4.98 Å². The van der Waals surface area contributed by atoms with Crippen molar-refractivity contribution in [3.63, 3.8) is 0 Å². The van der Waals surface area contributed by atoms with Crippen LogP contribution in [-0.4, -0.2) is 16.0 Å². The van der Waals surface area contributed by atoms with Crippen LogP contribution in [0.5, 0.6) is 0 Å². The summed E-state index contributed by atoms with van der Waals surface area (Å²) >= 11 is 3.26. The first-order valence-electron chi connectivity index (χ1n) is 5.98. The Morgan fingerprint density at radius 2 is 2.12 bits per heavy atom. The molecule has 2 rings (SSSR count). The molecule has 5 heteroatoms. The fourth-order valence-electron chi connectivity index (χ4n) is 2.22. The number of aromatic nitrogens is 2. The van der Waals surface area contributed by atoms with Crippen LogP contribution < -0.4 is 10.9 Å². The van der Waals surface area contributed by atoms with Crippen molar-refractivity contribution in [2.45, 2.75) is 45.6 Å². The van der Waals surface area contributed by atoms with E-state index in [1.54, 1.807) is 0 Å². The van der Waals surface area contributed by atoms with Crippen LogP contribution in [0.3, 0.4) is 0 Å². The molecule has 0 bridgehead atoms. The Balaban J connectivity index is 2.03. The minimum Gasteiger partial charge on any atom is -0.366 e. The van der Waals surface area contributed by atoms with Gasteiger partial charge in [0.05, 0.1) is 6.33 Å². The molecule has 0 aliphatic heterocycles. The summed E-state index contributed by atoms with van der Waals surface area (Å²) in [6.45, 7) is 4.62. The van der Waals surface area contributed by atoms with Crippen LogP contribution in [0.1, 0.15) is 39.5 Å². The van der Waals surface area contributed by atoms with Crippen molar-refractivity contribution in [3.8, 4) is 0 Å². The molecular formula is C12H18BrN3O. The van der Waals surface area contributed by atoms with Gasteiger partial charge in [0, 0.05) is 6.04 Å². The average molecular weight is 300 g/mol. The summed E-state index contributed by atoms with van der Waals surface area (Å²) in [5.74, 6) is 0.651. The van der Waals surface area contributed by atoms with Crippen LogP contribution in [0, 0.1) is 5.41 Å². The van der Waals surface area contributed by atoms with Crippen molar-refractivity contribution in [3.05, 3.63) is 21.2 Å². The normalized spacial score (nSPS) is 20.2. The Morgan fingerprint density at radius 1 is 1.47 bits per heavy atom. The highest BCUT2D eigenvalue weighted by molar-refractivity contribution is 9.10. The topological polar surface area (TPSA) is 57.8 Å². The van der Waals surface area contributed by atoms with E-state index < -0.39 is 0 Å². The SMILES string of the molecule is CC1(C)CCC(Nc2nc[nH]c(=O)c2Br)CC1. The van der Waals surface area contributed by atoms with Crippen molar-refractivity contribution in [2.24, 2.45) is 5.41 Å². The lowest BCUT2D eigenvalue weighted by atomic mass is 9.75. The maximum Gasteiger partial charge on any atom is 0.267 e. The molecule has 4 nitrogen and oxygen atoms in total. The third-order valence-corrected chi connectivity index (χ3v) is 4.21. The zero-order chi connectivity index (χ0) is 12.5. The second-order valence-electron chi connectivity index (χ2n) is 5.48. The number of rotatable bonds is 2. The number of H-pyrrole nitrogens is 1. The van der Waals surface area contributed by atoms with Crippen LogP contribution in [0.4, 0.5) is 5.82 Å². The van der Waals surface area contributed by atoms with E-state index in [0.717, 1.165) is 12.8 Å². The molecular weight excluding hydrogens is 282 g/mol. The predicted octanol–water partition coefficient (Wildman–Crippen LogP) is 2.91. The van der Waals surface area contributed by atoms with E-state index in [2.05, 4.69) is 45.1 Å². The van der Waals surface area contributed by atoms with Crippen LogP contribution in [0.25, 0.3) is 0 Å². The highest BCUT2D eigenvalue weighted by atomic mass is 79.9. The molecule has 0 amide bonds. The van der Waals surface area contributed by atoms with Gasteiger partial charge < -0.3 is 10.3 Å². The largest absolute Gasteiger partial charge is 0.366 e. The Hall–Kier alpha value is -0.840. The molecule has 1 fully saturated rings. The maximum absolute atomic E-state index is 11.4. The molecule has 0 spiro atoms. The quantitative estimate of drug-likeness (QED) is 0.883. The van der Waals surface area contributed by atoms with Gasteiger partial charge in [-0.2, -0.15) is 0 Å². The Kier molecular flexibility index (Phi) is 3.56. The smallest absolute Gasteiger partial charge is 0.267 e. The molecule has 0 saturated heterocycles. The Bertz CT molecular complexity index is 445.